The molecule has 0 amide bonds. The average molecular weight is 493 g/mol. The molecule has 0 heterocycles. The van der Waals surface area contributed by atoms with E-state index in [0.717, 1.165) is 16.6 Å². The van der Waals surface area contributed by atoms with Crippen LogP contribution in [0.2, 0.25) is 0 Å². The average Bonchev–Trinajstić information content (AvgIpc) is 2.76. The molecule has 1 radical (unpaired) electrons. The first kappa shape index (κ1) is 26.8. The van der Waals surface area contributed by atoms with Crippen molar-refractivity contribution in [2.75, 3.05) is 0 Å². The smallest absolute Gasteiger partial charge is 0.416 e. The van der Waals surface area contributed by atoms with E-state index in [-0.39, 0.29) is 17.2 Å². The normalized spacial score (nSPS) is 13.1. The van der Waals surface area contributed by atoms with E-state index in [4.69, 9.17) is 4.65 Å². The molecule has 3 rings (SSSR count). The highest BCUT2D eigenvalue weighted by Gasteiger charge is 2.37. The molecular formula is C26H24BF6O2. The van der Waals surface area contributed by atoms with Gasteiger partial charge in [-0.05, 0) is 68.1 Å². The zero-order chi connectivity index (χ0) is 26.2. The summed E-state index contributed by atoms with van der Waals surface area (Å²) in [6.07, 6.45) is -9.80. The Morgan fingerprint density at radius 2 is 0.971 bits per heavy atom. The summed E-state index contributed by atoms with van der Waals surface area (Å²) in [6.45, 7) is 6.83. The molecule has 0 bridgehead atoms. The van der Waals surface area contributed by atoms with Crippen LogP contribution in [0.5, 0.6) is 0 Å². The van der Waals surface area contributed by atoms with Crippen molar-refractivity contribution < 1.29 is 36.1 Å². The van der Waals surface area contributed by atoms with Gasteiger partial charge in [-0.25, -0.2) is 0 Å². The van der Waals surface area contributed by atoms with E-state index in [0.29, 0.717) is 12.1 Å². The van der Waals surface area contributed by atoms with Crippen LogP contribution in [0.1, 0.15) is 38.8 Å². The number of hydrogen-bond acceptors (Lipinski definition) is 2. The predicted molar refractivity (Wildman–Crippen MR) is 124 cm³/mol. The molecule has 0 fully saturated rings. The first-order valence-electron chi connectivity index (χ1n) is 10.7. The SMILES string of the molecule is CC(C)(O)C(C)(C)O[B]c1ccc(-c2ccc(-c3cc(C(F)(F)F)cc(C(F)(F)F)c3)cc2)cc1. The highest BCUT2D eigenvalue weighted by Crippen LogP contribution is 2.39. The molecule has 0 saturated heterocycles. The van der Waals surface area contributed by atoms with E-state index >= 15 is 0 Å². The summed E-state index contributed by atoms with van der Waals surface area (Å²) >= 11 is 0. The molecule has 185 valence electrons. The lowest BCUT2D eigenvalue weighted by atomic mass is 9.82. The third-order valence-electron chi connectivity index (χ3n) is 6.01. The van der Waals surface area contributed by atoms with Crippen molar-refractivity contribution >= 4 is 12.9 Å². The monoisotopic (exact) mass is 493 g/mol. The third-order valence-corrected chi connectivity index (χ3v) is 6.01. The Morgan fingerprint density at radius 3 is 1.34 bits per heavy atom. The molecule has 35 heavy (non-hydrogen) atoms. The van der Waals surface area contributed by atoms with Gasteiger partial charge in [0.2, 0.25) is 0 Å². The predicted octanol–water partition coefficient (Wildman–Crippen LogP) is 6.87. The number of hydrogen-bond donors (Lipinski definition) is 1. The largest absolute Gasteiger partial charge is 0.427 e. The van der Waals surface area contributed by atoms with Gasteiger partial charge < -0.3 is 9.76 Å². The van der Waals surface area contributed by atoms with Gasteiger partial charge in [0.25, 0.3) is 0 Å². The topological polar surface area (TPSA) is 29.5 Å². The summed E-state index contributed by atoms with van der Waals surface area (Å²) in [6, 6.07) is 15.0. The maximum absolute atomic E-state index is 13.2. The maximum Gasteiger partial charge on any atom is 0.416 e. The molecule has 0 atom stereocenters. The number of aliphatic hydroxyl groups is 1. The molecule has 0 aromatic heterocycles. The molecule has 3 aromatic rings. The fourth-order valence-corrected chi connectivity index (χ4v) is 3.09. The van der Waals surface area contributed by atoms with Crippen LogP contribution in [0.4, 0.5) is 26.3 Å². The van der Waals surface area contributed by atoms with Crippen molar-refractivity contribution in [3.8, 4) is 22.3 Å². The molecule has 1 N–H and O–H groups in total. The second kappa shape index (κ2) is 9.35. The molecular weight excluding hydrogens is 469 g/mol. The van der Waals surface area contributed by atoms with Gasteiger partial charge in [0.05, 0.1) is 22.3 Å². The minimum atomic E-state index is -4.90. The molecule has 0 aliphatic carbocycles. The van der Waals surface area contributed by atoms with Crippen LogP contribution >= 0.6 is 0 Å². The van der Waals surface area contributed by atoms with Crippen molar-refractivity contribution in [1.29, 1.82) is 0 Å². The summed E-state index contributed by atoms with van der Waals surface area (Å²) in [5.41, 5.74) is -2.24. The standard InChI is InChI=1S/C26H24BF6O2/c1-23(2,34)24(3,4)35-27-22-11-9-17(10-12-22)16-5-7-18(8-6-16)19-13-20(25(28,29)30)15-21(14-19)26(31,32)33/h5-15,34H,1-4H3. The summed E-state index contributed by atoms with van der Waals surface area (Å²) in [4.78, 5) is 0. The molecule has 2 nitrogen and oxygen atoms in total. The zero-order valence-corrected chi connectivity index (χ0v) is 19.6. The second-order valence-corrected chi connectivity index (χ2v) is 9.30. The highest BCUT2D eigenvalue weighted by molar-refractivity contribution is 6.47. The number of alkyl halides is 6. The Kier molecular flexibility index (Phi) is 7.17. The Balaban J connectivity index is 1.82. The summed E-state index contributed by atoms with van der Waals surface area (Å²) < 4.78 is 84.7. The van der Waals surface area contributed by atoms with Crippen LogP contribution in [0, 0.1) is 0 Å². The van der Waals surface area contributed by atoms with E-state index in [2.05, 4.69) is 0 Å². The zero-order valence-electron chi connectivity index (χ0n) is 19.6. The first-order chi connectivity index (χ1) is 16.0. The lowest BCUT2D eigenvalue weighted by molar-refractivity contribution is -0.143. The van der Waals surface area contributed by atoms with Gasteiger partial charge in [0, 0.05) is 0 Å². The van der Waals surface area contributed by atoms with E-state index in [1.165, 1.54) is 19.6 Å². The van der Waals surface area contributed by atoms with Crippen LogP contribution in [0.3, 0.4) is 0 Å². The molecule has 0 aliphatic heterocycles. The molecule has 0 spiro atoms. The van der Waals surface area contributed by atoms with Gasteiger partial charge in [-0.2, -0.15) is 26.3 Å². The minimum absolute atomic E-state index is 0.114. The summed E-state index contributed by atoms with van der Waals surface area (Å²) in [5.74, 6) is 0. The molecule has 9 heteroatoms. The summed E-state index contributed by atoms with van der Waals surface area (Å²) in [5, 5.41) is 10.2. The van der Waals surface area contributed by atoms with E-state index < -0.39 is 34.7 Å². The molecule has 0 aliphatic rings. The van der Waals surface area contributed by atoms with Crippen molar-refractivity contribution in [1.82, 2.24) is 0 Å². The van der Waals surface area contributed by atoms with Crippen molar-refractivity contribution in [3.63, 3.8) is 0 Å². The molecule has 0 saturated carbocycles. The Morgan fingerprint density at radius 1 is 0.600 bits per heavy atom. The van der Waals surface area contributed by atoms with Crippen molar-refractivity contribution in [2.24, 2.45) is 0 Å². The second-order valence-electron chi connectivity index (χ2n) is 9.30. The number of rotatable bonds is 6. The van der Waals surface area contributed by atoms with Crippen LogP contribution < -0.4 is 5.46 Å². The van der Waals surface area contributed by atoms with Crippen LogP contribution in [-0.2, 0) is 17.0 Å². The van der Waals surface area contributed by atoms with Gasteiger partial charge in [-0.15, -0.1) is 0 Å². The Bertz CT molecular complexity index is 1130. The summed E-state index contributed by atoms with van der Waals surface area (Å²) in [7, 11) is 1.54. The van der Waals surface area contributed by atoms with E-state index in [1.54, 1.807) is 52.0 Å². The maximum atomic E-state index is 13.2. The van der Waals surface area contributed by atoms with Crippen LogP contribution in [0.15, 0.2) is 66.7 Å². The fraction of sp³-hybridized carbons (Fsp3) is 0.308. The van der Waals surface area contributed by atoms with Crippen molar-refractivity contribution in [3.05, 3.63) is 77.9 Å². The van der Waals surface area contributed by atoms with Gasteiger partial charge in [0.1, 0.15) is 0 Å². The number of halogens is 6. The molecule has 0 unspecified atom stereocenters. The lowest BCUT2D eigenvalue weighted by Gasteiger charge is -2.37. The van der Waals surface area contributed by atoms with Gasteiger partial charge in [0.15, 0.2) is 0 Å². The van der Waals surface area contributed by atoms with Gasteiger partial charge in [-0.3, -0.25) is 0 Å². The minimum Gasteiger partial charge on any atom is -0.427 e. The lowest BCUT2D eigenvalue weighted by Crippen LogP contribution is -2.49. The Hall–Kier alpha value is -2.78. The van der Waals surface area contributed by atoms with Gasteiger partial charge >= 0.3 is 19.8 Å². The van der Waals surface area contributed by atoms with Gasteiger partial charge in [-0.1, -0.05) is 54.0 Å². The van der Waals surface area contributed by atoms with Crippen LogP contribution in [0.25, 0.3) is 22.3 Å². The fourth-order valence-electron chi connectivity index (χ4n) is 3.09. The van der Waals surface area contributed by atoms with Crippen LogP contribution in [-0.4, -0.2) is 23.8 Å². The Labute approximate surface area is 200 Å². The quantitative estimate of drug-likeness (QED) is 0.300. The first-order valence-corrected chi connectivity index (χ1v) is 10.7. The third kappa shape index (κ3) is 6.47. The van der Waals surface area contributed by atoms with Crippen molar-refractivity contribution in [2.45, 2.75) is 51.2 Å². The number of benzene rings is 3. The molecule has 3 aromatic carbocycles. The highest BCUT2D eigenvalue weighted by atomic mass is 19.4. The van der Waals surface area contributed by atoms with E-state index in [1.807, 2.05) is 12.1 Å². The van der Waals surface area contributed by atoms with E-state index in [9.17, 15) is 31.4 Å².